The van der Waals surface area contributed by atoms with Crippen molar-refractivity contribution in [2.75, 3.05) is 6.61 Å². The van der Waals surface area contributed by atoms with Gasteiger partial charge in [0.05, 0.1) is 0 Å². The Bertz CT molecular complexity index is 699. The molecule has 0 aliphatic rings. The Morgan fingerprint density at radius 2 is 2.25 bits per heavy atom. The van der Waals surface area contributed by atoms with Crippen LogP contribution in [-0.2, 0) is 10.0 Å². The molecule has 2 heterocycles. The fourth-order valence-corrected chi connectivity index (χ4v) is 3.88. The highest BCUT2D eigenvalue weighted by Crippen LogP contribution is 2.22. The van der Waals surface area contributed by atoms with Crippen molar-refractivity contribution in [3.05, 3.63) is 29.5 Å². The number of hydrogen-bond donors (Lipinski definition) is 2. The third-order valence-electron chi connectivity index (χ3n) is 2.85. The summed E-state index contributed by atoms with van der Waals surface area (Å²) < 4.78 is 28.7. The quantitative estimate of drug-likeness (QED) is 0.844. The standard InChI is InChI=1S/C12H16ClN3O3S/c1-9(5-4-8-17)15-20(18,19)12-11(13)14-10-6-2-3-7-16(10)12/h2-3,6-7,9,15,17H,4-5,8H2,1H3. The molecule has 0 aliphatic carbocycles. The number of rotatable bonds is 6. The summed E-state index contributed by atoms with van der Waals surface area (Å²) in [6.45, 7) is 1.77. The van der Waals surface area contributed by atoms with Crippen LogP contribution in [0.25, 0.3) is 5.65 Å². The van der Waals surface area contributed by atoms with Crippen molar-refractivity contribution in [1.29, 1.82) is 0 Å². The van der Waals surface area contributed by atoms with Gasteiger partial charge < -0.3 is 5.11 Å². The number of imidazole rings is 1. The molecule has 0 saturated heterocycles. The van der Waals surface area contributed by atoms with Gasteiger partial charge in [-0.05, 0) is 31.9 Å². The molecule has 2 aromatic rings. The summed E-state index contributed by atoms with van der Waals surface area (Å²) in [5.74, 6) is 0. The van der Waals surface area contributed by atoms with E-state index in [0.29, 0.717) is 18.5 Å². The van der Waals surface area contributed by atoms with E-state index in [1.807, 2.05) is 0 Å². The Labute approximate surface area is 122 Å². The minimum Gasteiger partial charge on any atom is -0.396 e. The van der Waals surface area contributed by atoms with Gasteiger partial charge in [-0.15, -0.1) is 0 Å². The van der Waals surface area contributed by atoms with E-state index in [1.165, 1.54) is 4.40 Å². The Hall–Kier alpha value is -1.15. The largest absolute Gasteiger partial charge is 0.396 e. The highest BCUT2D eigenvalue weighted by atomic mass is 35.5. The van der Waals surface area contributed by atoms with Crippen LogP contribution >= 0.6 is 11.6 Å². The summed E-state index contributed by atoms with van der Waals surface area (Å²) >= 11 is 5.95. The van der Waals surface area contributed by atoms with Crippen LogP contribution in [0.3, 0.4) is 0 Å². The SMILES string of the molecule is CC(CCCO)NS(=O)(=O)c1c(Cl)nc2ccccn12. The van der Waals surface area contributed by atoms with E-state index in [1.54, 1.807) is 31.3 Å². The van der Waals surface area contributed by atoms with Gasteiger partial charge in [0.25, 0.3) is 10.0 Å². The van der Waals surface area contributed by atoms with E-state index >= 15 is 0 Å². The molecule has 2 aromatic heterocycles. The predicted molar refractivity (Wildman–Crippen MR) is 76.3 cm³/mol. The molecule has 0 fully saturated rings. The lowest BCUT2D eigenvalue weighted by Gasteiger charge is -2.13. The third-order valence-corrected chi connectivity index (χ3v) is 4.84. The lowest BCUT2D eigenvalue weighted by molar-refractivity contribution is 0.279. The molecule has 0 radical (unpaired) electrons. The van der Waals surface area contributed by atoms with E-state index in [2.05, 4.69) is 9.71 Å². The van der Waals surface area contributed by atoms with Crippen LogP contribution in [0.15, 0.2) is 29.4 Å². The van der Waals surface area contributed by atoms with Gasteiger partial charge in [-0.1, -0.05) is 17.7 Å². The summed E-state index contributed by atoms with van der Waals surface area (Å²) in [5.41, 5.74) is 0.473. The summed E-state index contributed by atoms with van der Waals surface area (Å²) in [4.78, 5) is 4.02. The molecule has 2 rings (SSSR count). The van der Waals surface area contributed by atoms with Crippen LogP contribution < -0.4 is 4.72 Å². The Kier molecular flexibility index (Phi) is 4.64. The van der Waals surface area contributed by atoms with Gasteiger partial charge in [-0.3, -0.25) is 4.40 Å². The number of halogens is 1. The fraction of sp³-hybridized carbons (Fsp3) is 0.417. The molecule has 0 bridgehead atoms. The maximum absolute atomic E-state index is 12.4. The molecule has 0 aromatic carbocycles. The molecule has 110 valence electrons. The first-order chi connectivity index (χ1) is 9.45. The normalized spacial score (nSPS) is 13.8. The van der Waals surface area contributed by atoms with E-state index < -0.39 is 10.0 Å². The highest BCUT2D eigenvalue weighted by molar-refractivity contribution is 7.89. The summed E-state index contributed by atoms with van der Waals surface area (Å²) in [6.07, 6.45) is 2.68. The molecule has 1 unspecified atom stereocenters. The average molecular weight is 318 g/mol. The van der Waals surface area contributed by atoms with Gasteiger partial charge >= 0.3 is 0 Å². The van der Waals surface area contributed by atoms with Crippen molar-refractivity contribution in [2.45, 2.75) is 30.8 Å². The minimum atomic E-state index is -3.77. The van der Waals surface area contributed by atoms with Crippen LogP contribution in [-0.4, -0.2) is 35.6 Å². The van der Waals surface area contributed by atoms with Crippen molar-refractivity contribution in [3.63, 3.8) is 0 Å². The molecule has 0 saturated carbocycles. The highest BCUT2D eigenvalue weighted by Gasteiger charge is 2.25. The first-order valence-corrected chi connectivity index (χ1v) is 8.07. The van der Waals surface area contributed by atoms with Crippen LogP contribution in [0.2, 0.25) is 5.15 Å². The number of pyridine rings is 1. The zero-order chi connectivity index (χ0) is 14.8. The molecular formula is C12H16ClN3O3S. The number of aromatic nitrogens is 2. The van der Waals surface area contributed by atoms with E-state index in [4.69, 9.17) is 16.7 Å². The second-order valence-electron chi connectivity index (χ2n) is 4.52. The summed E-state index contributed by atoms with van der Waals surface area (Å²) in [6, 6.07) is 4.85. The molecule has 0 aliphatic heterocycles. The summed E-state index contributed by atoms with van der Waals surface area (Å²) in [5, 5.41) is 8.65. The molecule has 0 spiro atoms. The van der Waals surface area contributed by atoms with Crippen LogP contribution in [0.1, 0.15) is 19.8 Å². The maximum Gasteiger partial charge on any atom is 0.259 e. The minimum absolute atomic E-state index is 0.0302. The number of fused-ring (bicyclic) bond motifs is 1. The molecule has 6 nitrogen and oxygen atoms in total. The molecule has 20 heavy (non-hydrogen) atoms. The molecule has 2 N–H and O–H groups in total. The number of nitrogens with zero attached hydrogens (tertiary/aromatic N) is 2. The van der Waals surface area contributed by atoms with Crippen molar-refractivity contribution in [2.24, 2.45) is 0 Å². The first kappa shape index (κ1) is 15.2. The van der Waals surface area contributed by atoms with Crippen LogP contribution in [0.4, 0.5) is 0 Å². The van der Waals surface area contributed by atoms with E-state index in [9.17, 15) is 8.42 Å². The van der Waals surface area contributed by atoms with Crippen molar-refractivity contribution in [1.82, 2.24) is 14.1 Å². The monoisotopic (exact) mass is 317 g/mol. The number of aliphatic hydroxyl groups is 1. The predicted octanol–water partition coefficient (Wildman–Crippen LogP) is 1.43. The number of hydrogen-bond acceptors (Lipinski definition) is 4. The Morgan fingerprint density at radius 3 is 2.95 bits per heavy atom. The Balaban J connectivity index is 2.34. The topological polar surface area (TPSA) is 83.7 Å². The van der Waals surface area contributed by atoms with Gasteiger partial charge in [-0.2, -0.15) is 0 Å². The van der Waals surface area contributed by atoms with E-state index in [-0.39, 0.29) is 22.8 Å². The van der Waals surface area contributed by atoms with Crippen LogP contribution in [0, 0.1) is 0 Å². The van der Waals surface area contributed by atoms with Gasteiger partial charge in [-0.25, -0.2) is 18.1 Å². The maximum atomic E-state index is 12.4. The van der Waals surface area contributed by atoms with Gasteiger partial charge in [0, 0.05) is 18.8 Å². The zero-order valence-electron chi connectivity index (χ0n) is 11.0. The second kappa shape index (κ2) is 6.09. The number of sulfonamides is 1. The van der Waals surface area contributed by atoms with Gasteiger partial charge in [0.15, 0.2) is 10.2 Å². The van der Waals surface area contributed by atoms with Crippen molar-refractivity contribution in [3.8, 4) is 0 Å². The van der Waals surface area contributed by atoms with Crippen LogP contribution in [0.5, 0.6) is 0 Å². The fourth-order valence-electron chi connectivity index (χ4n) is 1.96. The third kappa shape index (κ3) is 3.12. The van der Waals surface area contributed by atoms with Gasteiger partial charge in [0.2, 0.25) is 0 Å². The first-order valence-electron chi connectivity index (χ1n) is 6.21. The smallest absolute Gasteiger partial charge is 0.259 e. The molecule has 8 heteroatoms. The van der Waals surface area contributed by atoms with Crippen molar-refractivity contribution < 1.29 is 13.5 Å². The Morgan fingerprint density at radius 1 is 1.50 bits per heavy atom. The number of aliphatic hydroxyl groups excluding tert-OH is 1. The summed E-state index contributed by atoms with van der Waals surface area (Å²) in [7, 11) is -3.77. The molecule has 0 amide bonds. The van der Waals surface area contributed by atoms with E-state index in [0.717, 1.165) is 0 Å². The van der Waals surface area contributed by atoms with Gasteiger partial charge in [0.1, 0.15) is 5.65 Å². The van der Waals surface area contributed by atoms with Crippen molar-refractivity contribution >= 4 is 27.3 Å². The lowest BCUT2D eigenvalue weighted by atomic mass is 10.2. The molecular weight excluding hydrogens is 302 g/mol. The lowest BCUT2D eigenvalue weighted by Crippen LogP contribution is -2.33. The zero-order valence-corrected chi connectivity index (χ0v) is 12.5. The average Bonchev–Trinajstić information content (AvgIpc) is 2.72. The molecule has 1 atom stereocenters. The number of nitrogens with one attached hydrogen (secondary N) is 1. The second-order valence-corrected chi connectivity index (χ2v) is 6.51.